The number of rotatable bonds is 3. The molecule has 27 heavy (non-hydrogen) atoms. The molecule has 1 N–H and O–H groups in total. The van der Waals surface area contributed by atoms with Crippen molar-refractivity contribution in [3.05, 3.63) is 53.6 Å². The number of amides is 1. The van der Waals surface area contributed by atoms with Gasteiger partial charge in [-0.2, -0.15) is 0 Å². The van der Waals surface area contributed by atoms with Crippen molar-refractivity contribution in [3.8, 4) is 5.75 Å². The van der Waals surface area contributed by atoms with Crippen LogP contribution in [-0.4, -0.2) is 37.5 Å². The van der Waals surface area contributed by atoms with Crippen LogP contribution in [0.4, 0.5) is 11.4 Å². The molecule has 4 rings (SSSR count). The molecule has 1 atom stereocenters. The van der Waals surface area contributed by atoms with Crippen molar-refractivity contribution in [1.82, 2.24) is 0 Å². The van der Waals surface area contributed by atoms with E-state index in [-0.39, 0.29) is 11.9 Å². The van der Waals surface area contributed by atoms with Crippen molar-refractivity contribution in [1.29, 1.82) is 0 Å². The largest absolute Gasteiger partial charge is 0.465 e. The van der Waals surface area contributed by atoms with E-state index < -0.39 is 11.9 Å². The number of nitrogens with zero attached hydrogens (tertiary/aromatic N) is 1. The molecule has 7 nitrogen and oxygen atoms in total. The Morgan fingerprint density at radius 3 is 2.56 bits per heavy atom. The Kier molecular flexibility index (Phi) is 4.27. The number of nitrogens with one attached hydrogen (secondary N) is 1. The fraction of sp³-hybridized carbons (Fsp3) is 0.250. The van der Waals surface area contributed by atoms with Gasteiger partial charge < -0.3 is 19.7 Å². The molecule has 1 amide bonds. The van der Waals surface area contributed by atoms with Gasteiger partial charge in [0.15, 0.2) is 0 Å². The van der Waals surface area contributed by atoms with Gasteiger partial charge in [-0.3, -0.25) is 4.79 Å². The number of benzene rings is 2. The zero-order valence-electron chi connectivity index (χ0n) is 14.7. The Labute approximate surface area is 155 Å². The van der Waals surface area contributed by atoms with Crippen LogP contribution in [0.25, 0.3) is 0 Å². The third kappa shape index (κ3) is 3.12. The lowest BCUT2D eigenvalue weighted by Crippen LogP contribution is -2.43. The van der Waals surface area contributed by atoms with Crippen LogP contribution in [0.3, 0.4) is 0 Å². The smallest absolute Gasteiger partial charge is 0.343 e. The van der Waals surface area contributed by atoms with Crippen LogP contribution >= 0.6 is 0 Å². The minimum absolute atomic E-state index is 0.0380. The van der Waals surface area contributed by atoms with Crippen LogP contribution in [0.2, 0.25) is 0 Å². The second-order valence-electron chi connectivity index (χ2n) is 6.48. The maximum absolute atomic E-state index is 12.4. The van der Waals surface area contributed by atoms with Crippen LogP contribution in [0, 0.1) is 0 Å². The Morgan fingerprint density at radius 1 is 1.07 bits per heavy atom. The van der Waals surface area contributed by atoms with Crippen molar-refractivity contribution in [2.45, 2.75) is 18.9 Å². The molecule has 0 unspecified atom stereocenters. The van der Waals surface area contributed by atoms with Gasteiger partial charge >= 0.3 is 11.9 Å². The predicted octanol–water partition coefficient (Wildman–Crippen LogP) is 2.61. The third-order valence-electron chi connectivity index (χ3n) is 4.84. The van der Waals surface area contributed by atoms with Crippen molar-refractivity contribution < 1.29 is 23.9 Å². The molecule has 1 saturated heterocycles. The van der Waals surface area contributed by atoms with Gasteiger partial charge in [0.1, 0.15) is 11.8 Å². The molecule has 7 heteroatoms. The highest BCUT2D eigenvalue weighted by molar-refractivity contribution is 6.05. The highest BCUT2D eigenvalue weighted by Gasteiger charge is 2.36. The van der Waals surface area contributed by atoms with Gasteiger partial charge in [-0.15, -0.1) is 0 Å². The second-order valence-corrected chi connectivity index (χ2v) is 6.48. The summed E-state index contributed by atoms with van der Waals surface area (Å²) in [7, 11) is 1.30. The highest BCUT2D eigenvalue weighted by Crippen LogP contribution is 2.37. The first-order valence-corrected chi connectivity index (χ1v) is 8.69. The average Bonchev–Trinajstić information content (AvgIpc) is 3.18. The summed E-state index contributed by atoms with van der Waals surface area (Å²) in [4.78, 5) is 38.2. The number of hydrogen-bond acceptors (Lipinski definition) is 6. The lowest BCUT2D eigenvalue weighted by atomic mass is 10.1. The van der Waals surface area contributed by atoms with Crippen LogP contribution in [0.5, 0.6) is 5.75 Å². The minimum atomic E-state index is -0.540. The number of ether oxygens (including phenoxy) is 2. The molecule has 0 aromatic heterocycles. The molecule has 2 heterocycles. The molecule has 0 radical (unpaired) electrons. The molecule has 2 aliphatic heterocycles. The Bertz CT molecular complexity index is 922. The number of fused-ring (bicyclic) bond motifs is 3. The zero-order chi connectivity index (χ0) is 19.0. The molecule has 2 aromatic rings. The Hall–Kier alpha value is -3.35. The van der Waals surface area contributed by atoms with E-state index in [1.165, 1.54) is 31.4 Å². The van der Waals surface area contributed by atoms with Crippen molar-refractivity contribution in [2.24, 2.45) is 0 Å². The van der Waals surface area contributed by atoms with E-state index in [0.717, 1.165) is 25.1 Å². The van der Waals surface area contributed by atoms with E-state index in [1.807, 2.05) is 6.07 Å². The van der Waals surface area contributed by atoms with Crippen LogP contribution in [0.15, 0.2) is 42.5 Å². The van der Waals surface area contributed by atoms with Crippen molar-refractivity contribution in [2.75, 3.05) is 23.9 Å². The molecule has 138 valence electrons. The molecule has 0 bridgehead atoms. The van der Waals surface area contributed by atoms with Gasteiger partial charge in [0.2, 0.25) is 5.91 Å². The second kappa shape index (κ2) is 6.75. The molecule has 0 spiro atoms. The summed E-state index contributed by atoms with van der Waals surface area (Å²) in [6, 6.07) is 11.1. The lowest BCUT2D eigenvalue weighted by Gasteiger charge is -2.33. The highest BCUT2D eigenvalue weighted by atomic mass is 16.5. The summed E-state index contributed by atoms with van der Waals surface area (Å²) in [6.45, 7) is 0.835. The van der Waals surface area contributed by atoms with Crippen molar-refractivity contribution >= 4 is 29.2 Å². The van der Waals surface area contributed by atoms with Gasteiger partial charge in [-0.25, -0.2) is 9.59 Å². The first kappa shape index (κ1) is 17.1. The topological polar surface area (TPSA) is 84.9 Å². The molecule has 1 fully saturated rings. The fourth-order valence-electron chi connectivity index (χ4n) is 3.50. The maximum atomic E-state index is 12.4. The third-order valence-corrected chi connectivity index (χ3v) is 4.84. The van der Waals surface area contributed by atoms with Crippen molar-refractivity contribution in [3.63, 3.8) is 0 Å². The number of carbonyl (C=O) groups is 3. The zero-order valence-corrected chi connectivity index (χ0v) is 14.7. The van der Waals surface area contributed by atoms with Crippen LogP contribution in [0.1, 0.15) is 33.6 Å². The van der Waals surface area contributed by atoms with E-state index in [4.69, 9.17) is 4.74 Å². The average molecular weight is 366 g/mol. The fourth-order valence-corrected chi connectivity index (χ4v) is 3.50. The number of hydrogen-bond donors (Lipinski definition) is 1. The Morgan fingerprint density at radius 2 is 1.81 bits per heavy atom. The Balaban J connectivity index is 1.52. The molecule has 0 aliphatic carbocycles. The number of anilines is 2. The first-order chi connectivity index (χ1) is 13.1. The summed E-state index contributed by atoms with van der Waals surface area (Å²) in [6.07, 6.45) is 1.82. The summed E-state index contributed by atoms with van der Waals surface area (Å²) in [5, 5.41) is 2.88. The SMILES string of the molecule is COC(=O)c1ccc(OC(=O)c2ccc3c(c2)NC(=O)[C@H]2CCCN32)cc1. The van der Waals surface area contributed by atoms with E-state index >= 15 is 0 Å². The van der Waals surface area contributed by atoms with Gasteiger partial charge in [-0.05, 0) is 55.3 Å². The molecule has 0 saturated carbocycles. The standard InChI is InChI=1S/C20H18N2O5/c1-26-19(24)12-4-7-14(8-5-12)27-20(25)13-6-9-16-15(11-13)21-18(23)17-3-2-10-22(16)17/h4-9,11,17H,2-3,10H2,1H3,(H,21,23)/t17-/m1/s1. The number of esters is 2. The van der Waals surface area contributed by atoms with Crippen LogP contribution in [-0.2, 0) is 9.53 Å². The summed E-state index contributed by atoms with van der Waals surface area (Å²) >= 11 is 0. The normalized spacial score (nSPS) is 17.6. The summed E-state index contributed by atoms with van der Waals surface area (Å²) in [5.41, 5.74) is 2.25. The summed E-state index contributed by atoms with van der Waals surface area (Å²) < 4.78 is 9.99. The molecular formula is C20H18N2O5. The molecule has 2 aromatic carbocycles. The monoisotopic (exact) mass is 366 g/mol. The summed E-state index contributed by atoms with van der Waals surface area (Å²) in [5.74, 6) is -0.724. The maximum Gasteiger partial charge on any atom is 0.343 e. The van der Waals surface area contributed by atoms with Gasteiger partial charge in [0, 0.05) is 6.54 Å². The van der Waals surface area contributed by atoms with Crippen LogP contribution < -0.4 is 15.0 Å². The van der Waals surface area contributed by atoms with E-state index in [1.54, 1.807) is 12.1 Å². The molecular weight excluding hydrogens is 348 g/mol. The number of carbonyl (C=O) groups excluding carboxylic acids is 3. The minimum Gasteiger partial charge on any atom is -0.465 e. The van der Waals surface area contributed by atoms with E-state index in [0.29, 0.717) is 22.6 Å². The first-order valence-electron chi connectivity index (χ1n) is 8.69. The lowest BCUT2D eigenvalue weighted by molar-refractivity contribution is -0.117. The van der Waals surface area contributed by atoms with E-state index in [9.17, 15) is 14.4 Å². The quantitative estimate of drug-likeness (QED) is 0.664. The number of methoxy groups -OCH3 is 1. The van der Waals surface area contributed by atoms with E-state index in [2.05, 4.69) is 15.0 Å². The predicted molar refractivity (Wildman–Crippen MR) is 98.2 cm³/mol. The van der Waals surface area contributed by atoms with Gasteiger partial charge in [0.25, 0.3) is 0 Å². The van der Waals surface area contributed by atoms with Gasteiger partial charge in [-0.1, -0.05) is 0 Å². The molecule has 2 aliphatic rings. The van der Waals surface area contributed by atoms with Gasteiger partial charge in [0.05, 0.1) is 29.6 Å².